The fourth-order valence-electron chi connectivity index (χ4n) is 3.77. The minimum Gasteiger partial charge on any atom is -0.340 e. The van der Waals surface area contributed by atoms with Gasteiger partial charge in [0.25, 0.3) is 0 Å². The molecule has 0 saturated carbocycles. The van der Waals surface area contributed by atoms with E-state index in [-0.39, 0.29) is 5.82 Å². The van der Waals surface area contributed by atoms with Crippen molar-refractivity contribution in [1.29, 1.82) is 0 Å². The lowest BCUT2D eigenvalue weighted by Gasteiger charge is -2.33. The highest BCUT2D eigenvalue weighted by atomic mass is 19.1. The number of nitrogens with one attached hydrogen (secondary N) is 1. The minimum absolute atomic E-state index is 0.237. The summed E-state index contributed by atoms with van der Waals surface area (Å²) in [6.45, 7) is 4.33. The molecule has 0 amide bonds. The average molecular weight is 350 g/mol. The molecule has 5 heteroatoms. The Hall–Kier alpha value is -2.53. The zero-order valence-corrected chi connectivity index (χ0v) is 15.0. The number of aromatic nitrogens is 3. The average Bonchev–Trinajstić information content (AvgIpc) is 3.14. The van der Waals surface area contributed by atoms with E-state index in [1.807, 2.05) is 12.1 Å². The van der Waals surface area contributed by atoms with E-state index < -0.39 is 0 Å². The molecule has 0 spiro atoms. The molecule has 0 radical (unpaired) electrons. The van der Waals surface area contributed by atoms with Gasteiger partial charge in [-0.05, 0) is 62.3 Å². The monoisotopic (exact) mass is 350 g/mol. The quantitative estimate of drug-likeness (QED) is 0.733. The summed E-state index contributed by atoms with van der Waals surface area (Å²) in [5, 5.41) is 0. The third-order valence-corrected chi connectivity index (χ3v) is 5.14. The Bertz CT molecular complexity index is 857. The normalized spacial score (nSPS) is 18.2. The highest BCUT2D eigenvalue weighted by Crippen LogP contribution is 2.35. The first kappa shape index (κ1) is 16.9. The van der Waals surface area contributed by atoms with Gasteiger partial charge in [0.2, 0.25) is 0 Å². The van der Waals surface area contributed by atoms with E-state index in [2.05, 4.69) is 21.8 Å². The molecule has 1 aliphatic heterocycles. The fraction of sp³-hybridized carbons (Fsp3) is 0.333. The number of imidazole rings is 1. The molecule has 134 valence electrons. The van der Waals surface area contributed by atoms with Crippen LogP contribution in [0.2, 0.25) is 0 Å². The second-order valence-electron chi connectivity index (χ2n) is 6.73. The lowest BCUT2D eigenvalue weighted by Crippen LogP contribution is -2.33. The van der Waals surface area contributed by atoms with E-state index in [1.165, 1.54) is 25.0 Å². The Morgan fingerprint density at radius 3 is 2.58 bits per heavy atom. The largest absolute Gasteiger partial charge is 0.340 e. The van der Waals surface area contributed by atoms with Crippen LogP contribution in [-0.2, 0) is 0 Å². The van der Waals surface area contributed by atoms with Gasteiger partial charge in [-0.3, -0.25) is 9.88 Å². The van der Waals surface area contributed by atoms with E-state index in [0.717, 1.165) is 47.8 Å². The van der Waals surface area contributed by atoms with Crippen LogP contribution in [-0.4, -0.2) is 32.9 Å². The summed E-state index contributed by atoms with van der Waals surface area (Å²) in [6.07, 6.45) is 7.14. The molecule has 0 aliphatic carbocycles. The lowest BCUT2D eigenvalue weighted by atomic mass is 10.0. The predicted molar refractivity (Wildman–Crippen MR) is 101 cm³/mol. The highest BCUT2D eigenvalue weighted by Gasteiger charge is 2.27. The number of pyridine rings is 1. The second kappa shape index (κ2) is 7.38. The van der Waals surface area contributed by atoms with Crippen molar-refractivity contribution in [3.8, 4) is 22.5 Å². The maximum atomic E-state index is 13.4. The molecule has 1 N–H and O–H groups in total. The number of rotatable bonds is 4. The minimum atomic E-state index is -0.237. The number of nitrogens with zero attached hydrogens (tertiary/aromatic N) is 3. The zero-order valence-electron chi connectivity index (χ0n) is 15.0. The maximum Gasteiger partial charge on any atom is 0.124 e. The Labute approximate surface area is 153 Å². The molecule has 2 aromatic heterocycles. The van der Waals surface area contributed by atoms with Gasteiger partial charge in [-0.15, -0.1) is 0 Å². The van der Waals surface area contributed by atoms with Crippen LogP contribution in [0.15, 0.2) is 48.8 Å². The molecule has 3 aromatic rings. The van der Waals surface area contributed by atoms with Crippen LogP contribution in [0.4, 0.5) is 4.39 Å². The maximum absolute atomic E-state index is 13.4. The number of hydrogen-bond donors (Lipinski definition) is 1. The molecule has 1 atom stereocenters. The predicted octanol–water partition coefficient (Wildman–Crippen LogP) is 4.82. The molecule has 4 nitrogen and oxygen atoms in total. The smallest absolute Gasteiger partial charge is 0.124 e. The Kier molecular flexibility index (Phi) is 4.80. The van der Waals surface area contributed by atoms with Gasteiger partial charge in [0.1, 0.15) is 11.6 Å². The highest BCUT2D eigenvalue weighted by molar-refractivity contribution is 5.78. The number of benzene rings is 1. The molecule has 4 rings (SSSR count). The molecule has 1 aliphatic rings. The van der Waals surface area contributed by atoms with E-state index in [1.54, 1.807) is 24.5 Å². The summed E-state index contributed by atoms with van der Waals surface area (Å²) in [5.74, 6) is 0.761. The van der Waals surface area contributed by atoms with Crippen LogP contribution in [0.5, 0.6) is 0 Å². The summed E-state index contributed by atoms with van der Waals surface area (Å²) >= 11 is 0. The number of piperidine rings is 1. The second-order valence-corrected chi connectivity index (χ2v) is 6.73. The molecule has 1 aromatic carbocycles. The van der Waals surface area contributed by atoms with Crippen molar-refractivity contribution in [2.75, 3.05) is 13.1 Å². The first-order valence-corrected chi connectivity index (χ1v) is 9.26. The van der Waals surface area contributed by atoms with Crippen LogP contribution >= 0.6 is 0 Å². The number of halogens is 1. The third kappa shape index (κ3) is 3.27. The Morgan fingerprint density at radius 2 is 1.85 bits per heavy atom. The van der Waals surface area contributed by atoms with E-state index in [4.69, 9.17) is 4.98 Å². The van der Waals surface area contributed by atoms with Crippen molar-refractivity contribution in [1.82, 2.24) is 19.9 Å². The van der Waals surface area contributed by atoms with E-state index in [0.29, 0.717) is 6.04 Å². The van der Waals surface area contributed by atoms with Gasteiger partial charge in [0.05, 0.1) is 17.4 Å². The van der Waals surface area contributed by atoms with Gasteiger partial charge in [-0.2, -0.15) is 0 Å². The first-order chi connectivity index (χ1) is 12.8. The van der Waals surface area contributed by atoms with Crippen molar-refractivity contribution in [3.63, 3.8) is 0 Å². The van der Waals surface area contributed by atoms with Gasteiger partial charge in [0, 0.05) is 23.5 Å². The number of aromatic amines is 1. The van der Waals surface area contributed by atoms with Gasteiger partial charge in [0.15, 0.2) is 0 Å². The summed E-state index contributed by atoms with van der Waals surface area (Å²) < 4.78 is 13.4. The topological polar surface area (TPSA) is 44.8 Å². The standard InChI is InChI=1S/C21H23FN4/c1-2-26-14-4-3-5-18(26)21-24-19(15-6-8-17(22)9-7-15)20(25-21)16-10-12-23-13-11-16/h6-13,18H,2-5,14H2,1H3,(H,24,25). The molecule has 0 bridgehead atoms. The van der Waals surface area contributed by atoms with Crippen molar-refractivity contribution in [2.45, 2.75) is 32.2 Å². The van der Waals surface area contributed by atoms with Crippen LogP contribution < -0.4 is 0 Å². The molecular formula is C21H23FN4. The zero-order chi connectivity index (χ0) is 17.9. The SMILES string of the molecule is CCN1CCCCC1c1nc(-c2ccc(F)cc2)c(-c2ccncc2)[nH]1. The third-order valence-electron chi connectivity index (χ3n) is 5.14. The molecule has 26 heavy (non-hydrogen) atoms. The Balaban J connectivity index is 1.81. The van der Waals surface area contributed by atoms with Gasteiger partial charge >= 0.3 is 0 Å². The van der Waals surface area contributed by atoms with Crippen molar-refractivity contribution in [2.24, 2.45) is 0 Å². The van der Waals surface area contributed by atoms with E-state index in [9.17, 15) is 4.39 Å². The Morgan fingerprint density at radius 1 is 1.08 bits per heavy atom. The van der Waals surface area contributed by atoms with Crippen molar-refractivity contribution < 1.29 is 4.39 Å². The van der Waals surface area contributed by atoms with Crippen LogP contribution in [0, 0.1) is 5.82 Å². The molecule has 1 unspecified atom stereocenters. The van der Waals surface area contributed by atoms with Gasteiger partial charge in [-0.25, -0.2) is 9.37 Å². The van der Waals surface area contributed by atoms with Gasteiger partial charge < -0.3 is 4.98 Å². The summed E-state index contributed by atoms with van der Waals surface area (Å²) in [5.41, 5.74) is 3.79. The van der Waals surface area contributed by atoms with Crippen LogP contribution in [0.25, 0.3) is 22.5 Å². The lowest BCUT2D eigenvalue weighted by molar-refractivity contribution is 0.151. The molecule has 1 fully saturated rings. The summed E-state index contributed by atoms with van der Waals surface area (Å²) in [7, 11) is 0. The summed E-state index contributed by atoms with van der Waals surface area (Å²) in [6, 6.07) is 10.8. The van der Waals surface area contributed by atoms with Crippen molar-refractivity contribution in [3.05, 3.63) is 60.4 Å². The number of H-pyrrole nitrogens is 1. The fourth-order valence-corrected chi connectivity index (χ4v) is 3.77. The molecule has 3 heterocycles. The number of hydrogen-bond acceptors (Lipinski definition) is 3. The molecular weight excluding hydrogens is 327 g/mol. The van der Waals surface area contributed by atoms with E-state index >= 15 is 0 Å². The van der Waals surface area contributed by atoms with Crippen molar-refractivity contribution >= 4 is 0 Å². The van der Waals surface area contributed by atoms with Crippen LogP contribution in [0.3, 0.4) is 0 Å². The molecule has 1 saturated heterocycles. The van der Waals surface area contributed by atoms with Gasteiger partial charge in [-0.1, -0.05) is 13.3 Å². The number of likely N-dealkylation sites (tertiary alicyclic amines) is 1. The summed E-state index contributed by atoms with van der Waals surface area (Å²) in [4.78, 5) is 15.1. The first-order valence-electron chi connectivity index (χ1n) is 9.26. The van der Waals surface area contributed by atoms with Crippen LogP contribution in [0.1, 0.15) is 38.1 Å².